The second-order valence-corrected chi connectivity index (χ2v) is 5.61. The Hall–Kier alpha value is -0.170. The number of rotatable bonds is 6. The third kappa shape index (κ3) is 4.46. The van der Waals surface area contributed by atoms with Crippen molar-refractivity contribution in [2.24, 2.45) is 5.73 Å². The van der Waals surface area contributed by atoms with E-state index in [2.05, 4.69) is 4.72 Å². The van der Waals surface area contributed by atoms with Gasteiger partial charge < -0.3 is 5.73 Å². The van der Waals surface area contributed by atoms with E-state index in [1.165, 1.54) is 0 Å². The van der Waals surface area contributed by atoms with E-state index in [4.69, 9.17) is 5.73 Å². The zero-order valence-corrected chi connectivity index (χ0v) is 9.93. The Morgan fingerprint density at radius 3 is 2.40 bits per heavy atom. The molecule has 1 rings (SSSR count). The normalized spacial score (nSPS) is 19.3. The van der Waals surface area contributed by atoms with E-state index in [0.29, 0.717) is 26.2 Å². The minimum Gasteiger partial charge on any atom is -0.330 e. The fourth-order valence-electron chi connectivity index (χ4n) is 1.67. The molecule has 0 atom stereocenters. The molecule has 0 unspecified atom stereocenters. The van der Waals surface area contributed by atoms with Gasteiger partial charge in [0.1, 0.15) is 0 Å². The summed E-state index contributed by atoms with van der Waals surface area (Å²) < 4.78 is 27.6. The summed E-state index contributed by atoms with van der Waals surface area (Å²) in [6.45, 7) is 2.43. The van der Waals surface area contributed by atoms with Crippen molar-refractivity contribution in [3.8, 4) is 0 Å². The van der Waals surface area contributed by atoms with Crippen LogP contribution in [0.2, 0.25) is 0 Å². The van der Waals surface area contributed by atoms with Gasteiger partial charge in [-0.05, 0) is 32.2 Å². The molecule has 1 aliphatic rings. The van der Waals surface area contributed by atoms with Gasteiger partial charge in [-0.1, -0.05) is 6.42 Å². The van der Waals surface area contributed by atoms with Crippen LogP contribution in [0, 0.1) is 0 Å². The monoisotopic (exact) mass is 235 g/mol. The molecule has 0 saturated carbocycles. The molecule has 0 aliphatic carbocycles. The highest BCUT2D eigenvalue weighted by Crippen LogP contribution is 2.11. The first-order chi connectivity index (χ1) is 7.17. The van der Waals surface area contributed by atoms with Crippen molar-refractivity contribution in [3.05, 3.63) is 0 Å². The number of piperidine rings is 1. The second kappa shape index (κ2) is 6.42. The van der Waals surface area contributed by atoms with Crippen LogP contribution in [-0.4, -0.2) is 38.9 Å². The van der Waals surface area contributed by atoms with Gasteiger partial charge in [0.2, 0.25) is 0 Å². The van der Waals surface area contributed by atoms with Crippen molar-refractivity contribution in [2.45, 2.75) is 32.1 Å². The quantitative estimate of drug-likeness (QED) is 0.639. The van der Waals surface area contributed by atoms with Crippen LogP contribution in [0.25, 0.3) is 0 Å². The molecule has 3 N–H and O–H groups in total. The Balaban J connectivity index is 2.30. The van der Waals surface area contributed by atoms with Gasteiger partial charge in [0, 0.05) is 19.6 Å². The van der Waals surface area contributed by atoms with E-state index in [0.717, 1.165) is 32.1 Å². The number of nitrogens with one attached hydrogen (secondary N) is 1. The number of hydrogen-bond donors (Lipinski definition) is 2. The first-order valence-electron chi connectivity index (χ1n) is 5.61. The minimum absolute atomic E-state index is 0.496. The van der Waals surface area contributed by atoms with Crippen LogP contribution in [0.3, 0.4) is 0 Å². The molecule has 1 heterocycles. The van der Waals surface area contributed by atoms with Gasteiger partial charge in [-0.3, -0.25) is 0 Å². The fraction of sp³-hybridized carbons (Fsp3) is 1.00. The van der Waals surface area contributed by atoms with Crippen LogP contribution in [0.4, 0.5) is 0 Å². The molecule has 15 heavy (non-hydrogen) atoms. The topological polar surface area (TPSA) is 75.4 Å². The van der Waals surface area contributed by atoms with E-state index in [-0.39, 0.29) is 0 Å². The van der Waals surface area contributed by atoms with Gasteiger partial charge in [-0.15, -0.1) is 0 Å². The Bertz CT molecular complexity index is 261. The maximum absolute atomic E-state index is 11.7. The lowest BCUT2D eigenvalue weighted by Gasteiger charge is -2.25. The van der Waals surface area contributed by atoms with Crippen molar-refractivity contribution in [1.82, 2.24) is 9.03 Å². The van der Waals surface area contributed by atoms with Crippen molar-refractivity contribution >= 4 is 10.2 Å². The highest BCUT2D eigenvalue weighted by molar-refractivity contribution is 7.87. The second-order valence-electron chi connectivity index (χ2n) is 3.85. The summed E-state index contributed by atoms with van der Waals surface area (Å²) >= 11 is 0. The van der Waals surface area contributed by atoms with E-state index in [1.54, 1.807) is 4.31 Å². The van der Waals surface area contributed by atoms with Gasteiger partial charge in [0.15, 0.2) is 0 Å². The molecule has 0 bridgehead atoms. The number of nitrogens with zero attached hydrogens (tertiary/aromatic N) is 1. The van der Waals surface area contributed by atoms with Gasteiger partial charge in [-0.2, -0.15) is 12.7 Å². The van der Waals surface area contributed by atoms with Crippen molar-refractivity contribution in [3.63, 3.8) is 0 Å². The Morgan fingerprint density at radius 1 is 1.13 bits per heavy atom. The largest absolute Gasteiger partial charge is 0.330 e. The summed E-state index contributed by atoms with van der Waals surface area (Å²) in [4.78, 5) is 0. The smallest absolute Gasteiger partial charge is 0.279 e. The standard InChI is InChI=1S/C9H21N3O2S/c10-6-2-3-7-11-15(13,14)12-8-4-1-5-9-12/h11H,1-10H2. The third-order valence-electron chi connectivity index (χ3n) is 2.57. The van der Waals surface area contributed by atoms with Gasteiger partial charge in [-0.25, -0.2) is 4.72 Å². The van der Waals surface area contributed by atoms with Gasteiger partial charge in [0.05, 0.1) is 0 Å². The zero-order chi connectivity index (χ0) is 11.1. The fourth-order valence-corrected chi connectivity index (χ4v) is 2.99. The van der Waals surface area contributed by atoms with Crippen LogP contribution >= 0.6 is 0 Å². The van der Waals surface area contributed by atoms with E-state index in [1.807, 2.05) is 0 Å². The molecule has 0 radical (unpaired) electrons. The lowest BCUT2D eigenvalue weighted by Crippen LogP contribution is -2.43. The molecule has 0 amide bonds. The highest BCUT2D eigenvalue weighted by atomic mass is 32.2. The molecular weight excluding hydrogens is 214 g/mol. The van der Waals surface area contributed by atoms with Crippen LogP contribution in [0.5, 0.6) is 0 Å². The summed E-state index contributed by atoms with van der Waals surface area (Å²) in [5, 5.41) is 0. The molecule has 6 heteroatoms. The minimum atomic E-state index is -3.22. The SMILES string of the molecule is NCCCCNS(=O)(=O)N1CCCCC1. The van der Waals surface area contributed by atoms with E-state index < -0.39 is 10.2 Å². The first kappa shape index (κ1) is 12.9. The van der Waals surface area contributed by atoms with Crippen molar-refractivity contribution in [2.75, 3.05) is 26.2 Å². The predicted octanol–water partition coefficient (Wildman–Crippen LogP) is 0.0456. The number of nitrogens with two attached hydrogens (primary N) is 1. The van der Waals surface area contributed by atoms with Crippen LogP contribution in [0.1, 0.15) is 32.1 Å². The van der Waals surface area contributed by atoms with E-state index >= 15 is 0 Å². The van der Waals surface area contributed by atoms with E-state index in [9.17, 15) is 8.42 Å². The van der Waals surface area contributed by atoms with Crippen LogP contribution in [0.15, 0.2) is 0 Å². The summed E-state index contributed by atoms with van der Waals surface area (Å²) in [6, 6.07) is 0. The Labute approximate surface area is 92.2 Å². The molecule has 1 fully saturated rings. The first-order valence-corrected chi connectivity index (χ1v) is 7.05. The zero-order valence-electron chi connectivity index (χ0n) is 9.11. The molecule has 0 aromatic rings. The lowest BCUT2D eigenvalue weighted by atomic mass is 10.2. The molecule has 0 aromatic heterocycles. The maximum Gasteiger partial charge on any atom is 0.279 e. The molecule has 1 aliphatic heterocycles. The van der Waals surface area contributed by atoms with Crippen LogP contribution < -0.4 is 10.5 Å². The molecule has 1 saturated heterocycles. The average molecular weight is 235 g/mol. The predicted molar refractivity (Wildman–Crippen MR) is 60.6 cm³/mol. The Kier molecular flexibility index (Phi) is 5.52. The summed E-state index contributed by atoms with van der Waals surface area (Å²) in [6.07, 6.45) is 4.76. The highest BCUT2D eigenvalue weighted by Gasteiger charge is 2.22. The molecule has 5 nitrogen and oxygen atoms in total. The number of hydrogen-bond acceptors (Lipinski definition) is 3. The molecule has 90 valence electrons. The van der Waals surface area contributed by atoms with Crippen molar-refractivity contribution in [1.29, 1.82) is 0 Å². The Morgan fingerprint density at radius 2 is 1.80 bits per heavy atom. The molecule has 0 aromatic carbocycles. The van der Waals surface area contributed by atoms with Crippen LogP contribution in [-0.2, 0) is 10.2 Å². The van der Waals surface area contributed by atoms with Gasteiger partial charge >= 0.3 is 0 Å². The third-order valence-corrected chi connectivity index (χ3v) is 4.18. The summed E-state index contributed by atoms with van der Waals surface area (Å²) in [5.41, 5.74) is 5.33. The van der Waals surface area contributed by atoms with Gasteiger partial charge in [0.25, 0.3) is 10.2 Å². The summed E-state index contributed by atoms with van der Waals surface area (Å²) in [7, 11) is -3.22. The van der Waals surface area contributed by atoms with Crippen molar-refractivity contribution < 1.29 is 8.42 Å². The number of unbranched alkanes of at least 4 members (excludes halogenated alkanes) is 1. The lowest BCUT2D eigenvalue weighted by molar-refractivity contribution is 0.341. The maximum atomic E-state index is 11.7. The molecular formula is C9H21N3O2S. The summed E-state index contributed by atoms with van der Waals surface area (Å²) in [5.74, 6) is 0. The average Bonchev–Trinajstić information content (AvgIpc) is 2.26. The molecule has 0 spiro atoms.